The van der Waals surface area contributed by atoms with Gasteiger partial charge < -0.3 is 0 Å². The summed E-state index contributed by atoms with van der Waals surface area (Å²) in [6.45, 7) is 0. The maximum absolute atomic E-state index is 11.6. The summed E-state index contributed by atoms with van der Waals surface area (Å²) in [5, 5.41) is 0. The van der Waals surface area contributed by atoms with Gasteiger partial charge in [-0.2, -0.15) is 8.78 Å². The number of rotatable bonds is 0. The number of halogens is 2. The van der Waals surface area contributed by atoms with E-state index in [1.54, 1.807) is 0 Å². The highest BCUT2D eigenvalue weighted by molar-refractivity contribution is 5.07. The average Bonchev–Trinajstić information content (AvgIpc) is 2.03. The maximum Gasteiger partial charge on any atom is 0.298 e. The van der Waals surface area contributed by atoms with Crippen LogP contribution in [0.5, 0.6) is 0 Å². The van der Waals surface area contributed by atoms with E-state index in [4.69, 9.17) is 0 Å². The van der Waals surface area contributed by atoms with E-state index in [0.29, 0.717) is 0 Å². The lowest BCUT2D eigenvalue weighted by molar-refractivity contribution is 0.215. The lowest BCUT2D eigenvalue weighted by atomic mass is 9.90. The Morgan fingerprint density at radius 3 is 2.45 bits per heavy atom. The monoisotopic (exact) mass is 157 g/mol. The second kappa shape index (κ2) is 4.33. The van der Waals surface area contributed by atoms with Crippen LogP contribution in [0.3, 0.4) is 0 Å². The summed E-state index contributed by atoms with van der Waals surface area (Å²) in [6, 6.07) is 0. The summed E-state index contributed by atoms with van der Waals surface area (Å²) in [4.78, 5) is 0. The van der Waals surface area contributed by atoms with Crippen molar-refractivity contribution in [2.24, 2.45) is 5.92 Å². The molecule has 0 spiro atoms. The van der Waals surface area contributed by atoms with Gasteiger partial charge in [-0.25, -0.2) is 0 Å². The van der Waals surface area contributed by atoms with Gasteiger partial charge in [0.15, 0.2) is 0 Å². The molecule has 0 aromatic heterocycles. The van der Waals surface area contributed by atoms with Crippen LogP contribution in [-0.2, 0) is 0 Å². The van der Waals surface area contributed by atoms with Crippen molar-refractivity contribution in [3.05, 3.63) is 6.42 Å². The van der Waals surface area contributed by atoms with Crippen molar-refractivity contribution >= 4 is 0 Å². The van der Waals surface area contributed by atoms with Gasteiger partial charge in [0.05, 0.1) is 0 Å². The van der Waals surface area contributed by atoms with E-state index in [9.17, 15) is 8.78 Å². The molecule has 0 heterocycles. The molecule has 2 heteroatoms. The van der Waals surface area contributed by atoms with Gasteiger partial charge in [-0.05, 0) is 38.0 Å². The molecule has 1 rings (SSSR count). The van der Waals surface area contributed by atoms with Gasteiger partial charge in [-0.1, -0.05) is 5.92 Å². The van der Waals surface area contributed by atoms with Crippen LogP contribution < -0.4 is 0 Å². The summed E-state index contributed by atoms with van der Waals surface area (Å²) >= 11 is 0. The SMILES string of the molecule is FC(F)C#CC1CC[CH]CC1. The Kier molecular flexibility index (Phi) is 3.35. The zero-order valence-electron chi connectivity index (χ0n) is 6.32. The molecule has 61 valence electrons. The topological polar surface area (TPSA) is 0 Å². The maximum atomic E-state index is 11.6. The van der Waals surface area contributed by atoms with Crippen molar-refractivity contribution in [2.45, 2.75) is 32.1 Å². The first-order chi connectivity index (χ1) is 5.29. The Balaban J connectivity index is 2.31. The third-order valence-corrected chi connectivity index (χ3v) is 1.84. The third kappa shape index (κ3) is 3.36. The van der Waals surface area contributed by atoms with E-state index in [0.717, 1.165) is 25.7 Å². The van der Waals surface area contributed by atoms with Gasteiger partial charge in [-0.15, -0.1) is 0 Å². The first kappa shape index (κ1) is 8.52. The van der Waals surface area contributed by atoms with E-state index in [-0.39, 0.29) is 5.92 Å². The second-order valence-corrected chi connectivity index (χ2v) is 2.73. The highest BCUT2D eigenvalue weighted by atomic mass is 19.3. The van der Waals surface area contributed by atoms with Crippen molar-refractivity contribution in [2.75, 3.05) is 0 Å². The quantitative estimate of drug-likeness (QED) is 0.474. The molecule has 1 fully saturated rings. The van der Waals surface area contributed by atoms with E-state index < -0.39 is 6.43 Å². The summed E-state index contributed by atoms with van der Waals surface area (Å²) in [5.74, 6) is 4.74. The Bertz CT molecular complexity index is 158. The molecule has 0 atom stereocenters. The molecule has 11 heavy (non-hydrogen) atoms. The summed E-state index contributed by atoms with van der Waals surface area (Å²) in [5.41, 5.74) is 0. The van der Waals surface area contributed by atoms with E-state index >= 15 is 0 Å². The minimum Gasteiger partial charge on any atom is -0.196 e. The van der Waals surface area contributed by atoms with Gasteiger partial charge in [0, 0.05) is 5.92 Å². The van der Waals surface area contributed by atoms with Gasteiger partial charge in [0.25, 0.3) is 6.43 Å². The molecule has 1 radical (unpaired) electrons. The third-order valence-electron chi connectivity index (χ3n) is 1.84. The van der Waals surface area contributed by atoms with E-state index in [2.05, 4.69) is 12.3 Å². The fourth-order valence-corrected chi connectivity index (χ4v) is 1.25. The zero-order chi connectivity index (χ0) is 8.10. The van der Waals surface area contributed by atoms with Crippen molar-refractivity contribution in [1.82, 2.24) is 0 Å². The Labute approximate surface area is 66.0 Å². The molecule has 0 N–H and O–H groups in total. The van der Waals surface area contributed by atoms with Gasteiger partial charge >= 0.3 is 0 Å². The fourth-order valence-electron chi connectivity index (χ4n) is 1.25. The molecule has 0 bridgehead atoms. The molecule has 0 aromatic carbocycles. The summed E-state index contributed by atoms with van der Waals surface area (Å²) in [7, 11) is 0. The van der Waals surface area contributed by atoms with Crippen molar-refractivity contribution in [3.8, 4) is 11.8 Å². The molecular formula is C9H11F2. The molecular weight excluding hydrogens is 146 g/mol. The highest BCUT2D eigenvalue weighted by Crippen LogP contribution is 2.21. The largest absolute Gasteiger partial charge is 0.298 e. The van der Waals surface area contributed by atoms with E-state index in [1.165, 1.54) is 0 Å². The molecule has 1 saturated carbocycles. The van der Waals surface area contributed by atoms with Crippen LogP contribution in [-0.4, -0.2) is 6.43 Å². The smallest absolute Gasteiger partial charge is 0.196 e. The van der Waals surface area contributed by atoms with Crippen molar-refractivity contribution in [1.29, 1.82) is 0 Å². The zero-order valence-corrected chi connectivity index (χ0v) is 6.32. The molecule has 1 aliphatic rings. The number of hydrogen-bond donors (Lipinski definition) is 0. The lowest BCUT2D eigenvalue weighted by Crippen LogP contribution is -2.04. The standard InChI is InChI=1S/C9H11F2/c10-9(11)7-6-8-4-2-1-3-5-8/h1,8-9H,2-5H2. The van der Waals surface area contributed by atoms with Crippen LogP contribution in [0, 0.1) is 24.2 Å². The summed E-state index contributed by atoms with van der Waals surface area (Å²) in [6.07, 6.45) is 3.71. The van der Waals surface area contributed by atoms with Gasteiger partial charge in [-0.3, -0.25) is 0 Å². The summed E-state index contributed by atoms with van der Waals surface area (Å²) < 4.78 is 23.2. The molecule has 0 saturated heterocycles. The first-order valence-corrected chi connectivity index (χ1v) is 3.90. The van der Waals surface area contributed by atoms with Gasteiger partial charge in [0.1, 0.15) is 0 Å². The number of alkyl halides is 2. The predicted octanol–water partition coefficient (Wildman–Crippen LogP) is 2.65. The predicted molar refractivity (Wildman–Crippen MR) is 40.0 cm³/mol. The fraction of sp³-hybridized carbons (Fsp3) is 0.667. The molecule has 0 aliphatic heterocycles. The van der Waals surface area contributed by atoms with Crippen molar-refractivity contribution < 1.29 is 8.78 Å². The molecule has 0 unspecified atom stereocenters. The normalized spacial score (nSPS) is 19.5. The van der Waals surface area contributed by atoms with Gasteiger partial charge in [0.2, 0.25) is 0 Å². The molecule has 0 aromatic rings. The molecule has 1 aliphatic carbocycles. The van der Waals surface area contributed by atoms with Crippen molar-refractivity contribution in [3.63, 3.8) is 0 Å². The van der Waals surface area contributed by atoms with Crippen LogP contribution >= 0.6 is 0 Å². The highest BCUT2D eigenvalue weighted by Gasteiger charge is 2.10. The minimum absolute atomic E-state index is 0.217. The molecule has 0 amide bonds. The van der Waals surface area contributed by atoms with E-state index in [1.807, 2.05) is 5.92 Å². The van der Waals surface area contributed by atoms with Crippen LogP contribution in [0.2, 0.25) is 0 Å². The molecule has 0 nitrogen and oxygen atoms in total. The Morgan fingerprint density at radius 2 is 1.91 bits per heavy atom. The van der Waals surface area contributed by atoms with Crippen LogP contribution in [0.4, 0.5) is 8.78 Å². The number of hydrogen-bond acceptors (Lipinski definition) is 0. The average molecular weight is 157 g/mol. The first-order valence-electron chi connectivity index (χ1n) is 3.90. The van der Waals surface area contributed by atoms with Crippen LogP contribution in [0.15, 0.2) is 0 Å². The minimum atomic E-state index is -2.46. The Hall–Kier alpha value is -0.580. The second-order valence-electron chi connectivity index (χ2n) is 2.73. The van der Waals surface area contributed by atoms with Crippen LogP contribution in [0.25, 0.3) is 0 Å². The Morgan fingerprint density at radius 1 is 1.27 bits per heavy atom. The van der Waals surface area contributed by atoms with Crippen LogP contribution in [0.1, 0.15) is 25.7 Å². The lowest BCUT2D eigenvalue weighted by Gasteiger charge is -2.15.